The molecule has 5 nitrogen and oxygen atoms in total. The smallest absolute Gasteiger partial charge is 0.287 e. The predicted molar refractivity (Wildman–Crippen MR) is 49.7 cm³/mol. The minimum Gasteiger partial charge on any atom is -0.370 e. The molecule has 5 heteroatoms. The Morgan fingerprint density at radius 3 is 2.85 bits per heavy atom. The van der Waals surface area contributed by atoms with Gasteiger partial charge in [-0.15, -0.1) is 0 Å². The first-order valence-electron chi connectivity index (χ1n) is 4.08. The molecule has 0 fully saturated rings. The van der Waals surface area contributed by atoms with Gasteiger partial charge in [0.25, 0.3) is 5.69 Å². The first-order chi connectivity index (χ1) is 6.24. The van der Waals surface area contributed by atoms with Gasteiger partial charge in [0.2, 0.25) is 0 Å². The molecule has 0 spiro atoms. The van der Waals surface area contributed by atoms with Crippen LogP contribution in [0.1, 0.15) is 13.3 Å². The third-order valence-electron chi connectivity index (χ3n) is 1.51. The molecule has 13 heavy (non-hydrogen) atoms. The number of hydrogen-bond donors (Lipinski definition) is 1. The fraction of sp³-hybridized carbons (Fsp3) is 0.375. The van der Waals surface area contributed by atoms with Crippen LogP contribution >= 0.6 is 0 Å². The Balaban J connectivity index is 2.64. The van der Waals surface area contributed by atoms with E-state index in [9.17, 15) is 10.1 Å². The fourth-order valence-corrected chi connectivity index (χ4v) is 0.852. The molecule has 1 heterocycles. The van der Waals surface area contributed by atoms with E-state index in [0.717, 1.165) is 13.0 Å². The van der Waals surface area contributed by atoms with E-state index in [0.29, 0.717) is 5.82 Å². The number of rotatable bonds is 4. The average Bonchev–Trinajstić information content (AvgIpc) is 2.15. The zero-order valence-electron chi connectivity index (χ0n) is 7.36. The number of pyridine rings is 1. The molecule has 70 valence electrons. The van der Waals surface area contributed by atoms with Crippen LogP contribution in [0.25, 0.3) is 0 Å². The second-order valence-electron chi connectivity index (χ2n) is 2.59. The van der Waals surface area contributed by atoms with Crippen molar-refractivity contribution in [3.05, 3.63) is 28.4 Å². The number of hydrogen-bond acceptors (Lipinski definition) is 4. The molecule has 1 rings (SSSR count). The van der Waals surface area contributed by atoms with E-state index in [1.807, 2.05) is 6.92 Å². The van der Waals surface area contributed by atoms with Crippen LogP contribution in [0.15, 0.2) is 18.3 Å². The quantitative estimate of drug-likeness (QED) is 0.568. The SMILES string of the molecule is CCCNc1ccc([N+](=O)[O-])cn1. The molecule has 0 atom stereocenters. The van der Waals surface area contributed by atoms with E-state index in [1.165, 1.54) is 12.3 Å². The number of nitrogens with one attached hydrogen (secondary N) is 1. The summed E-state index contributed by atoms with van der Waals surface area (Å²) in [7, 11) is 0. The second-order valence-corrected chi connectivity index (χ2v) is 2.59. The third kappa shape index (κ3) is 2.70. The summed E-state index contributed by atoms with van der Waals surface area (Å²) in [6.45, 7) is 2.86. The lowest BCUT2D eigenvalue weighted by molar-refractivity contribution is -0.385. The Bertz CT molecular complexity index is 284. The van der Waals surface area contributed by atoms with Gasteiger partial charge in [0, 0.05) is 12.6 Å². The van der Waals surface area contributed by atoms with Crippen molar-refractivity contribution in [3.63, 3.8) is 0 Å². The molecule has 1 aromatic heterocycles. The second kappa shape index (κ2) is 4.39. The summed E-state index contributed by atoms with van der Waals surface area (Å²) in [5.41, 5.74) is 0.0158. The van der Waals surface area contributed by atoms with Crippen LogP contribution in [-0.4, -0.2) is 16.5 Å². The molecule has 0 bridgehead atoms. The van der Waals surface area contributed by atoms with E-state index in [-0.39, 0.29) is 5.69 Å². The third-order valence-corrected chi connectivity index (χ3v) is 1.51. The molecule has 0 unspecified atom stereocenters. The molecule has 0 aliphatic rings. The molecular weight excluding hydrogens is 170 g/mol. The van der Waals surface area contributed by atoms with Gasteiger partial charge in [0.15, 0.2) is 0 Å². The summed E-state index contributed by atoms with van der Waals surface area (Å²) in [5.74, 6) is 0.674. The molecule has 0 aliphatic carbocycles. The van der Waals surface area contributed by atoms with Gasteiger partial charge in [-0.2, -0.15) is 0 Å². The first kappa shape index (κ1) is 9.44. The van der Waals surface area contributed by atoms with Crippen molar-refractivity contribution in [1.82, 2.24) is 4.98 Å². The molecule has 0 radical (unpaired) electrons. The van der Waals surface area contributed by atoms with Crippen molar-refractivity contribution in [2.45, 2.75) is 13.3 Å². The largest absolute Gasteiger partial charge is 0.370 e. The highest BCUT2D eigenvalue weighted by molar-refractivity contribution is 5.39. The summed E-state index contributed by atoms with van der Waals surface area (Å²) in [6.07, 6.45) is 2.25. The molecular formula is C8H11N3O2. The zero-order chi connectivity index (χ0) is 9.68. The fourth-order valence-electron chi connectivity index (χ4n) is 0.852. The maximum Gasteiger partial charge on any atom is 0.287 e. The normalized spacial score (nSPS) is 9.62. The minimum atomic E-state index is -0.462. The summed E-state index contributed by atoms with van der Waals surface area (Å²) in [4.78, 5) is 13.7. The molecule has 0 saturated carbocycles. The van der Waals surface area contributed by atoms with Crippen molar-refractivity contribution in [1.29, 1.82) is 0 Å². The van der Waals surface area contributed by atoms with Gasteiger partial charge in [-0.25, -0.2) is 4.98 Å². The van der Waals surface area contributed by atoms with Crippen molar-refractivity contribution in [2.24, 2.45) is 0 Å². The van der Waals surface area contributed by atoms with Gasteiger partial charge in [-0.05, 0) is 12.5 Å². The van der Waals surface area contributed by atoms with Crippen molar-refractivity contribution in [3.8, 4) is 0 Å². The lowest BCUT2D eigenvalue weighted by Crippen LogP contribution is -2.01. The molecule has 0 saturated heterocycles. The van der Waals surface area contributed by atoms with E-state index >= 15 is 0 Å². The van der Waals surface area contributed by atoms with Gasteiger partial charge in [0.1, 0.15) is 12.0 Å². The van der Waals surface area contributed by atoms with Gasteiger partial charge >= 0.3 is 0 Å². The highest BCUT2D eigenvalue weighted by Gasteiger charge is 2.03. The number of anilines is 1. The lowest BCUT2D eigenvalue weighted by Gasteiger charge is -2.01. The number of aromatic nitrogens is 1. The van der Waals surface area contributed by atoms with Crippen molar-refractivity contribution >= 4 is 11.5 Å². The summed E-state index contributed by atoms with van der Waals surface area (Å²) >= 11 is 0. The van der Waals surface area contributed by atoms with Gasteiger partial charge in [-0.1, -0.05) is 6.92 Å². The van der Waals surface area contributed by atoms with E-state index in [1.54, 1.807) is 6.07 Å². The zero-order valence-corrected chi connectivity index (χ0v) is 7.36. The maximum atomic E-state index is 10.3. The molecule has 1 N–H and O–H groups in total. The predicted octanol–water partition coefficient (Wildman–Crippen LogP) is 1.81. The van der Waals surface area contributed by atoms with Gasteiger partial charge in [-0.3, -0.25) is 10.1 Å². The Hall–Kier alpha value is -1.65. The maximum absolute atomic E-state index is 10.3. The van der Waals surface area contributed by atoms with Crippen LogP contribution in [0.3, 0.4) is 0 Å². The minimum absolute atomic E-state index is 0.0158. The summed E-state index contributed by atoms with van der Waals surface area (Å²) in [5, 5.41) is 13.3. The van der Waals surface area contributed by atoms with Crippen LogP contribution in [0.5, 0.6) is 0 Å². The molecule has 0 aliphatic heterocycles. The Morgan fingerprint density at radius 2 is 2.38 bits per heavy atom. The lowest BCUT2D eigenvalue weighted by atomic mass is 10.4. The highest BCUT2D eigenvalue weighted by Crippen LogP contribution is 2.11. The van der Waals surface area contributed by atoms with Gasteiger partial charge in [0.05, 0.1) is 4.92 Å². The Kier molecular flexibility index (Phi) is 3.19. The van der Waals surface area contributed by atoms with E-state index in [4.69, 9.17) is 0 Å². The Labute approximate surface area is 75.9 Å². The number of nitrogens with zero attached hydrogens (tertiary/aromatic N) is 2. The van der Waals surface area contributed by atoms with E-state index in [2.05, 4.69) is 10.3 Å². The Morgan fingerprint density at radius 1 is 1.62 bits per heavy atom. The van der Waals surface area contributed by atoms with Crippen LogP contribution in [-0.2, 0) is 0 Å². The summed E-state index contributed by atoms with van der Waals surface area (Å²) in [6, 6.07) is 3.04. The topological polar surface area (TPSA) is 68.1 Å². The van der Waals surface area contributed by atoms with Crippen LogP contribution < -0.4 is 5.32 Å². The molecule has 0 amide bonds. The van der Waals surface area contributed by atoms with Crippen molar-refractivity contribution in [2.75, 3.05) is 11.9 Å². The van der Waals surface area contributed by atoms with Crippen LogP contribution in [0.4, 0.5) is 11.5 Å². The average molecular weight is 181 g/mol. The standard InChI is InChI=1S/C8H11N3O2/c1-2-5-9-8-4-3-7(6-10-8)11(12)13/h3-4,6H,2,5H2,1H3,(H,9,10). The van der Waals surface area contributed by atoms with Gasteiger partial charge < -0.3 is 5.32 Å². The molecule has 1 aromatic rings. The monoisotopic (exact) mass is 181 g/mol. The first-order valence-corrected chi connectivity index (χ1v) is 4.08. The number of nitro groups is 1. The van der Waals surface area contributed by atoms with Crippen LogP contribution in [0.2, 0.25) is 0 Å². The van der Waals surface area contributed by atoms with E-state index < -0.39 is 4.92 Å². The summed E-state index contributed by atoms with van der Waals surface area (Å²) < 4.78 is 0. The highest BCUT2D eigenvalue weighted by atomic mass is 16.6. The van der Waals surface area contributed by atoms with Crippen molar-refractivity contribution < 1.29 is 4.92 Å². The van der Waals surface area contributed by atoms with Crippen LogP contribution in [0, 0.1) is 10.1 Å². The molecule has 0 aromatic carbocycles.